The topological polar surface area (TPSA) is 34.4 Å². The van der Waals surface area contributed by atoms with Gasteiger partial charge in [0, 0.05) is 24.3 Å². The fraction of sp³-hybridized carbons (Fsp3) is 0.667. The Kier molecular flexibility index (Phi) is 4.36. The number of ether oxygens (including phenoxy) is 1. The van der Waals surface area contributed by atoms with Gasteiger partial charge in [-0.1, -0.05) is 0 Å². The number of hydrogen-bond donors (Lipinski definition) is 1. The molecule has 0 atom stereocenters. The van der Waals surface area contributed by atoms with Crippen molar-refractivity contribution in [2.45, 2.75) is 46.4 Å². The van der Waals surface area contributed by atoms with Gasteiger partial charge in [0.05, 0.1) is 6.26 Å². The molecule has 15 heavy (non-hydrogen) atoms. The molecule has 0 fully saturated rings. The van der Waals surface area contributed by atoms with E-state index in [1.54, 1.807) is 6.26 Å². The predicted molar refractivity (Wildman–Crippen MR) is 60.6 cm³/mol. The summed E-state index contributed by atoms with van der Waals surface area (Å²) >= 11 is 0. The highest BCUT2D eigenvalue weighted by Crippen LogP contribution is 2.13. The van der Waals surface area contributed by atoms with E-state index in [2.05, 4.69) is 26.1 Å². The van der Waals surface area contributed by atoms with Gasteiger partial charge in [-0.05, 0) is 33.8 Å². The van der Waals surface area contributed by atoms with E-state index in [9.17, 15) is 0 Å². The highest BCUT2D eigenvalue weighted by atomic mass is 16.5. The van der Waals surface area contributed by atoms with Crippen LogP contribution in [0, 0.1) is 0 Å². The average Bonchev–Trinajstić information content (AvgIpc) is 2.57. The molecule has 0 saturated heterocycles. The summed E-state index contributed by atoms with van der Waals surface area (Å²) in [4.78, 5) is 0. The zero-order valence-corrected chi connectivity index (χ0v) is 10.1. The molecule has 86 valence electrons. The smallest absolute Gasteiger partial charge is 0.133 e. The SMILES string of the molecule is CCOCc1occc1CNC(C)(C)C. The van der Waals surface area contributed by atoms with E-state index in [0.717, 1.165) is 12.3 Å². The maximum Gasteiger partial charge on any atom is 0.133 e. The Labute approximate surface area is 91.8 Å². The summed E-state index contributed by atoms with van der Waals surface area (Å²) in [6, 6.07) is 1.99. The van der Waals surface area contributed by atoms with Gasteiger partial charge in [0.25, 0.3) is 0 Å². The average molecular weight is 211 g/mol. The van der Waals surface area contributed by atoms with Crippen LogP contribution in [0.1, 0.15) is 39.0 Å². The van der Waals surface area contributed by atoms with Gasteiger partial charge in [-0.25, -0.2) is 0 Å². The summed E-state index contributed by atoms with van der Waals surface area (Å²) in [7, 11) is 0. The molecule has 0 unspecified atom stereocenters. The van der Waals surface area contributed by atoms with Crippen LogP contribution >= 0.6 is 0 Å². The second kappa shape index (κ2) is 5.33. The summed E-state index contributed by atoms with van der Waals surface area (Å²) in [5, 5.41) is 3.43. The third-order valence-corrected chi connectivity index (χ3v) is 2.08. The lowest BCUT2D eigenvalue weighted by molar-refractivity contribution is 0.117. The molecular weight excluding hydrogens is 190 g/mol. The highest BCUT2D eigenvalue weighted by molar-refractivity contribution is 5.16. The minimum atomic E-state index is 0.125. The van der Waals surface area contributed by atoms with E-state index >= 15 is 0 Å². The Bertz CT molecular complexity index is 286. The number of hydrogen-bond acceptors (Lipinski definition) is 3. The molecule has 0 radical (unpaired) electrons. The molecular formula is C12H21NO2. The van der Waals surface area contributed by atoms with Crippen molar-refractivity contribution in [3.05, 3.63) is 23.7 Å². The van der Waals surface area contributed by atoms with Gasteiger partial charge < -0.3 is 14.5 Å². The summed E-state index contributed by atoms with van der Waals surface area (Å²) in [5.74, 6) is 0.925. The lowest BCUT2D eigenvalue weighted by Gasteiger charge is -2.20. The molecule has 0 saturated carbocycles. The largest absolute Gasteiger partial charge is 0.467 e. The van der Waals surface area contributed by atoms with Crippen molar-refractivity contribution in [1.29, 1.82) is 0 Å². The van der Waals surface area contributed by atoms with E-state index in [0.29, 0.717) is 13.2 Å². The van der Waals surface area contributed by atoms with Crippen molar-refractivity contribution >= 4 is 0 Å². The molecule has 0 amide bonds. The highest BCUT2D eigenvalue weighted by Gasteiger charge is 2.11. The number of rotatable bonds is 5. The Balaban J connectivity index is 2.50. The van der Waals surface area contributed by atoms with Crippen LogP contribution in [-0.2, 0) is 17.9 Å². The Morgan fingerprint density at radius 3 is 2.73 bits per heavy atom. The van der Waals surface area contributed by atoms with Crippen LogP contribution in [0.15, 0.2) is 16.7 Å². The van der Waals surface area contributed by atoms with Crippen molar-refractivity contribution < 1.29 is 9.15 Å². The molecule has 3 heteroatoms. The van der Waals surface area contributed by atoms with Crippen LogP contribution in [-0.4, -0.2) is 12.1 Å². The summed E-state index contributed by atoms with van der Waals surface area (Å²) in [6.07, 6.45) is 1.72. The third-order valence-electron chi connectivity index (χ3n) is 2.08. The normalized spacial score (nSPS) is 12.0. The van der Waals surface area contributed by atoms with Gasteiger partial charge in [-0.15, -0.1) is 0 Å². The molecule has 1 rings (SSSR count). The first-order valence-electron chi connectivity index (χ1n) is 5.41. The van der Waals surface area contributed by atoms with Crippen LogP contribution in [0.3, 0.4) is 0 Å². The molecule has 0 aliphatic rings. The van der Waals surface area contributed by atoms with Crippen molar-refractivity contribution in [3.63, 3.8) is 0 Å². The Hall–Kier alpha value is -0.800. The van der Waals surface area contributed by atoms with E-state index < -0.39 is 0 Å². The number of furan rings is 1. The van der Waals surface area contributed by atoms with Crippen molar-refractivity contribution in [1.82, 2.24) is 5.32 Å². The van der Waals surface area contributed by atoms with Gasteiger partial charge >= 0.3 is 0 Å². The second-order valence-corrected chi connectivity index (χ2v) is 4.61. The second-order valence-electron chi connectivity index (χ2n) is 4.61. The fourth-order valence-electron chi connectivity index (χ4n) is 1.21. The monoisotopic (exact) mass is 211 g/mol. The first-order valence-corrected chi connectivity index (χ1v) is 5.41. The van der Waals surface area contributed by atoms with Crippen molar-refractivity contribution in [2.24, 2.45) is 0 Å². The molecule has 0 aliphatic heterocycles. The summed E-state index contributed by atoms with van der Waals surface area (Å²) in [5.41, 5.74) is 1.30. The van der Waals surface area contributed by atoms with Gasteiger partial charge in [-0.2, -0.15) is 0 Å². The van der Waals surface area contributed by atoms with Gasteiger partial charge in [0.1, 0.15) is 12.4 Å². The van der Waals surface area contributed by atoms with Crippen LogP contribution < -0.4 is 5.32 Å². The number of nitrogens with one attached hydrogen (secondary N) is 1. The maximum atomic E-state index is 5.37. The van der Waals surface area contributed by atoms with Gasteiger partial charge in [0.2, 0.25) is 0 Å². The minimum Gasteiger partial charge on any atom is -0.467 e. The van der Waals surface area contributed by atoms with E-state index in [1.165, 1.54) is 5.56 Å². The maximum absolute atomic E-state index is 5.37. The first-order chi connectivity index (χ1) is 7.03. The zero-order chi connectivity index (χ0) is 11.3. The van der Waals surface area contributed by atoms with Crippen molar-refractivity contribution in [2.75, 3.05) is 6.61 Å². The molecule has 0 bridgehead atoms. The summed E-state index contributed by atoms with van der Waals surface area (Å²) < 4.78 is 10.7. The summed E-state index contributed by atoms with van der Waals surface area (Å²) in [6.45, 7) is 10.5. The third kappa shape index (κ3) is 4.49. The molecule has 3 nitrogen and oxygen atoms in total. The van der Waals surface area contributed by atoms with E-state index in [-0.39, 0.29) is 5.54 Å². The lowest BCUT2D eigenvalue weighted by Crippen LogP contribution is -2.35. The standard InChI is InChI=1S/C12H21NO2/c1-5-14-9-11-10(6-7-15-11)8-13-12(2,3)4/h6-7,13H,5,8-9H2,1-4H3. The van der Waals surface area contributed by atoms with Gasteiger partial charge in [-0.3, -0.25) is 0 Å². The van der Waals surface area contributed by atoms with E-state index in [1.807, 2.05) is 13.0 Å². The van der Waals surface area contributed by atoms with E-state index in [4.69, 9.17) is 9.15 Å². The molecule has 1 N–H and O–H groups in total. The minimum absolute atomic E-state index is 0.125. The Morgan fingerprint density at radius 2 is 2.13 bits per heavy atom. The van der Waals surface area contributed by atoms with Crippen LogP contribution in [0.4, 0.5) is 0 Å². The molecule has 1 aromatic heterocycles. The van der Waals surface area contributed by atoms with Crippen LogP contribution in [0.2, 0.25) is 0 Å². The Morgan fingerprint density at radius 1 is 1.40 bits per heavy atom. The van der Waals surface area contributed by atoms with Crippen molar-refractivity contribution in [3.8, 4) is 0 Å². The molecule has 1 aromatic rings. The molecule has 0 aromatic carbocycles. The lowest BCUT2D eigenvalue weighted by atomic mass is 10.1. The molecule has 1 heterocycles. The zero-order valence-electron chi connectivity index (χ0n) is 10.1. The predicted octanol–water partition coefficient (Wildman–Crippen LogP) is 2.70. The molecule has 0 spiro atoms. The first kappa shape index (κ1) is 12.3. The quantitative estimate of drug-likeness (QED) is 0.813. The van der Waals surface area contributed by atoms with Crippen LogP contribution in [0.5, 0.6) is 0 Å². The molecule has 0 aliphatic carbocycles. The fourth-order valence-corrected chi connectivity index (χ4v) is 1.21. The van der Waals surface area contributed by atoms with Crippen LogP contribution in [0.25, 0.3) is 0 Å². The van der Waals surface area contributed by atoms with Gasteiger partial charge in [0.15, 0.2) is 0 Å².